The van der Waals surface area contributed by atoms with Crippen molar-refractivity contribution in [3.63, 3.8) is 0 Å². The van der Waals surface area contributed by atoms with E-state index >= 15 is 0 Å². The molecule has 0 spiro atoms. The van der Waals surface area contributed by atoms with E-state index in [0.717, 1.165) is 12.1 Å². The standard InChI is InChI=1S/C18H24F2N2O4/c1-3-13-10-22(17(23)26-13)12-8-14(19)16(15(20)9-12)21-6-4-18(24,5-7-21)11-25-2/h8-9,13,24H,3-7,10-11H2,1-2H3/t13-/m0/s1. The molecular weight excluding hydrogens is 346 g/mol. The van der Waals surface area contributed by atoms with E-state index in [1.807, 2.05) is 6.92 Å². The summed E-state index contributed by atoms with van der Waals surface area (Å²) in [4.78, 5) is 14.7. The first-order valence-electron chi connectivity index (χ1n) is 8.80. The molecule has 2 fully saturated rings. The predicted octanol–water partition coefficient (Wildman–Crippen LogP) is 2.68. The molecule has 0 unspecified atom stereocenters. The van der Waals surface area contributed by atoms with Gasteiger partial charge in [0, 0.05) is 32.3 Å². The smallest absolute Gasteiger partial charge is 0.414 e. The maximum absolute atomic E-state index is 14.6. The molecule has 8 heteroatoms. The Kier molecular flexibility index (Phi) is 5.34. The van der Waals surface area contributed by atoms with Gasteiger partial charge in [-0.25, -0.2) is 13.6 Å². The molecule has 1 aromatic rings. The minimum absolute atomic E-state index is 0.132. The number of cyclic esters (lactones) is 1. The van der Waals surface area contributed by atoms with Crippen molar-refractivity contribution in [3.8, 4) is 0 Å². The Bertz CT molecular complexity index is 654. The van der Waals surface area contributed by atoms with Gasteiger partial charge in [0.15, 0.2) is 11.6 Å². The summed E-state index contributed by atoms with van der Waals surface area (Å²) >= 11 is 0. The molecule has 0 saturated carbocycles. The second kappa shape index (κ2) is 7.36. The van der Waals surface area contributed by atoms with Crippen LogP contribution in [0.1, 0.15) is 26.2 Å². The van der Waals surface area contributed by atoms with Crippen LogP contribution in [0.4, 0.5) is 25.0 Å². The number of amides is 1. The lowest BCUT2D eigenvalue weighted by Crippen LogP contribution is -2.47. The van der Waals surface area contributed by atoms with E-state index in [9.17, 15) is 18.7 Å². The first kappa shape index (κ1) is 18.8. The second-order valence-corrected chi connectivity index (χ2v) is 6.93. The van der Waals surface area contributed by atoms with E-state index in [-0.39, 0.29) is 30.6 Å². The topological polar surface area (TPSA) is 62.2 Å². The summed E-state index contributed by atoms with van der Waals surface area (Å²) in [5.74, 6) is -1.46. The molecule has 144 valence electrons. The maximum Gasteiger partial charge on any atom is 0.414 e. The molecule has 0 bridgehead atoms. The number of nitrogens with zero attached hydrogens (tertiary/aromatic N) is 2. The number of methoxy groups -OCH3 is 1. The van der Waals surface area contributed by atoms with Gasteiger partial charge in [0.1, 0.15) is 11.8 Å². The highest BCUT2D eigenvalue weighted by Crippen LogP contribution is 2.34. The number of carbonyl (C=O) groups is 1. The Morgan fingerprint density at radius 1 is 1.31 bits per heavy atom. The van der Waals surface area contributed by atoms with Gasteiger partial charge in [-0.1, -0.05) is 6.92 Å². The molecule has 1 aromatic carbocycles. The highest BCUT2D eigenvalue weighted by molar-refractivity contribution is 5.90. The molecule has 2 aliphatic rings. The summed E-state index contributed by atoms with van der Waals surface area (Å²) in [6.45, 7) is 2.99. The van der Waals surface area contributed by atoms with Crippen molar-refractivity contribution in [3.05, 3.63) is 23.8 Å². The number of piperidine rings is 1. The van der Waals surface area contributed by atoms with Crippen molar-refractivity contribution in [2.24, 2.45) is 0 Å². The van der Waals surface area contributed by atoms with Gasteiger partial charge in [0.25, 0.3) is 0 Å². The number of hydrogen-bond donors (Lipinski definition) is 1. The number of anilines is 2. The SMILES string of the molecule is CC[C@H]1CN(c2cc(F)c(N3CCC(O)(COC)CC3)c(F)c2)C(=O)O1. The lowest BCUT2D eigenvalue weighted by Gasteiger charge is -2.39. The molecular formula is C18H24F2N2O4. The Morgan fingerprint density at radius 2 is 1.92 bits per heavy atom. The van der Waals surface area contributed by atoms with Gasteiger partial charge in [-0.05, 0) is 19.3 Å². The fourth-order valence-corrected chi connectivity index (χ4v) is 3.51. The van der Waals surface area contributed by atoms with Crippen LogP contribution in [0, 0.1) is 11.6 Å². The quantitative estimate of drug-likeness (QED) is 0.864. The average molecular weight is 370 g/mol. The Hall–Kier alpha value is -1.93. The van der Waals surface area contributed by atoms with E-state index < -0.39 is 23.3 Å². The third-order valence-corrected chi connectivity index (χ3v) is 5.07. The number of aliphatic hydroxyl groups is 1. The van der Waals surface area contributed by atoms with E-state index in [1.165, 1.54) is 12.0 Å². The lowest BCUT2D eigenvalue weighted by molar-refractivity contribution is -0.0473. The summed E-state index contributed by atoms with van der Waals surface area (Å²) in [6, 6.07) is 2.32. The van der Waals surface area contributed by atoms with Crippen LogP contribution >= 0.6 is 0 Å². The molecule has 1 atom stereocenters. The summed E-state index contributed by atoms with van der Waals surface area (Å²) < 4.78 is 39.4. The number of benzene rings is 1. The molecule has 2 saturated heterocycles. The van der Waals surface area contributed by atoms with Crippen LogP contribution in [0.25, 0.3) is 0 Å². The lowest BCUT2D eigenvalue weighted by atomic mass is 9.92. The second-order valence-electron chi connectivity index (χ2n) is 6.93. The van der Waals surface area contributed by atoms with Crippen LogP contribution < -0.4 is 9.80 Å². The van der Waals surface area contributed by atoms with E-state index in [4.69, 9.17) is 9.47 Å². The van der Waals surface area contributed by atoms with Gasteiger partial charge in [-0.3, -0.25) is 4.90 Å². The molecule has 1 amide bonds. The predicted molar refractivity (Wildman–Crippen MR) is 92.5 cm³/mol. The maximum atomic E-state index is 14.6. The number of halogens is 2. The third kappa shape index (κ3) is 3.61. The van der Waals surface area contributed by atoms with Gasteiger partial charge >= 0.3 is 6.09 Å². The van der Waals surface area contributed by atoms with Crippen molar-refractivity contribution < 1.29 is 28.2 Å². The average Bonchev–Trinajstić information content (AvgIpc) is 2.97. The van der Waals surface area contributed by atoms with Crippen LogP contribution in [0.2, 0.25) is 0 Å². The van der Waals surface area contributed by atoms with Crippen molar-refractivity contribution in [2.75, 3.05) is 43.2 Å². The van der Waals surface area contributed by atoms with Gasteiger partial charge in [0.05, 0.1) is 24.4 Å². The summed E-state index contributed by atoms with van der Waals surface area (Å²) in [7, 11) is 1.51. The van der Waals surface area contributed by atoms with Crippen molar-refractivity contribution >= 4 is 17.5 Å². The molecule has 1 N–H and O–H groups in total. The highest BCUT2D eigenvalue weighted by Gasteiger charge is 2.35. The molecule has 3 rings (SSSR count). The van der Waals surface area contributed by atoms with Crippen molar-refractivity contribution in [1.29, 1.82) is 0 Å². The first-order valence-corrected chi connectivity index (χ1v) is 8.80. The molecule has 6 nitrogen and oxygen atoms in total. The van der Waals surface area contributed by atoms with Crippen LogP contribution in [0.5, 0.6) is 0 Å². The van der Waals surface area contributed by atoms with Gasteiger partial charge in [0.2, 0.25) is 0 Å². The fourth-order valence-electron chi connectivity index (χ4n) is 3.51. The van der Waals surface area contributed by atoms with Crippen LogP contribution in [0.15, 0.2) is 12.1 Å². The molecule has 2 heterocycles. The van der Waals surface area contributed by atoms with Crippen LogP contribution in [0.3, 0.4) is 0 Å². The zero-order valence-corrected chi connectivity index (χ0v) is 15.0. The van der Waals surface area contributed by atoms with E-state index in [1.54, 1.807) is 4.90 Å². The summed E-state index contributed by atoms with van der Waals surface area (Å²) in [6.07, 6.45) is 0.500. The number of hydrogen-bond acceptors (Lipinski definition) is 5. The monoisotopic (exact) mass is 370 g/mol. The molecule has 26 heavy (non-hydrogen) atoms. The number of ether oxygens (including phenoxy) is 2. The Morgan fingerprint density at radius 3 is 2.42 bits per heavy atom. The van der Waals surface area contributed by atoms with E-state index in [2.05, 4.69) is 0 Å². The van der Waals surface area contributed by atoms with E-state index in [0.29, 0.717) is 32.4 Å². The molecule has 0 aromatic heterocycles. The Labute approximate surface area is 151 Å². The summed E-state index contributed by atoms with van der Waals surface area (Å²) in [5.41, 5.74) is -0.947. The first-order chi connectivity index (χ1) is 12.4. The fraction of sp³-hybridized carbons (Fsp3) is 0.611. The molecule has 0 radical (unpaired) electrons. The minimum Gasteiger partial charge on any atom is -0.444 e. The van der Waals surface area contributed by atoms with Crippen LogP contribution in [-0.4, -0.2) is 56.3 Å². The molecule has 2 aliphatic heterocycles. The number of carbonyl (C=O) groups excluding carboxylic acids is 1. The van der Waals surface area contributed by atoms with Crippen LogP contribution in [-0.2, 0) is 9.47 Å². The normalized spacial score (nSPS) is 22.7. The van der Waals surface area contributed by atoms with Gasteiger partial charge in [-0.2, -0.15) is 0 Å². The van der Waals surface area contributed by atoms with Gasteiger partial charge < -0.3 is 19.5 Å². The third-order valence-electron chi connectivity index (χ3n) is 5.07. The minimum atomic E-state index is -0.966. The molecule has 0 aliphatic carbocycles. The highest BCUT2D eigenvalue weighted by atomic mass is 19.1. The van der Waals surface area contributed by atoms with Crippen molar-refractivity contribution in [1.82, 2.24) is 0 Å². The van der Waals surface area contributed by atoms with Gasteiger partial charge in [-0.15, -0.1) is 0 Å². The van der Waals surface area contributed by atoms with Crippen molar-refractivity contribution in [2.45, 2.75) is 37.9 Å². The Balaban J connectivity index is 1.78. The zero-order chi connectivity index (χ0) is 18.9. The summed E-state index contributed by atoms with van der Waals surface area (Å²) in [5, 5.41) is 10.3. The zero-order valence-electron chi connectivity index (χ0n) is 15.0. The number of rotatable bonds is 5. The largest absolute Gasteiger partial charge is 0.444 e.